The summed E-state index contributed by atoms with van der Waals surface area (Å²) in [7, 11) is 1.67. The van der Waals surface area contributed by atoms with Gasteiger partial charge in [0, 0.05) is 50.5 Å². The van der Waals surface area contributed by atoms with Crippen molar-refractivity contribution in [2.45, 2.75) is 37.8 Å². The molecular weight excluding hydrogens is 458 g/mol. The van der Waals surface area contributed by atoms with E-state index in [1.807, 2.05) is 47.4 Å². The first-order valence-electron chi connectivity index (χ1n) is 12.4. The van der Waals surface area contributed by atoms with E-state index in [4.69, 9.17) is 4.74 Å². The van der Waals surface area contributed by atoms with Crippen LogP contribution in [0.3, 0.4) is 0 Å². The summed E-state index contributed by atoms with van der Waals surface area (Å²) < 4.78 is 7.46. The van der Waals surface area contributed by atoms with E-state index >= 15 is 0 Å². The zero-order valence-electron chi connectivity index (χ0n) is 20.7. The SMILES string of the molecule is CCN1CCN(C(=O)CCCCSc2nnc(Cc3ccccc3)n2-c2ccc(OC)cc2)CC1. The zero-order valence-corrected chi connectivity index (χ0v) is 21.5. The van der Waals surface area contributed by atoms with Gasteiger partial charge in [-0.1, -0.05) is 49.0 Å². The number of methoxy groups -OCH3 is 1. The summed E-state index contributed by atoms with van der Waals surface area (Å²) in [6.45, 7) is 6.94. The molecule has 0 atom stereocenters. The molecule has 186 valence electrons. The van der Waals surface area contributed by atoms with Crippen molar-refractivity contribution in [3.05, 3.63) is 66.0 Å². The molecule has 1 aliphatic rings. The van der Waals surface area contributed by atoms with Crippen LogP contribution in [0.25, 0.3) is 5.69 Å². The number of carbonyl (C=O) groups excluding carboxylic acids is 1. The van der Waals surface area contributed by atoms with Crippen molar-refractivity contribution in [1.82, 2.24) is 24.6 Å². The Morgan fingerprint density at radius 2 is 1.71 bits per heavy atom. The van der Waals surface area contributed by atoms with Crippen molar-refractivity contribution < 1.29 is 9.53 Å². The lowest BCUT2D eigenvalue weighted by atomic mass is 10.1. The smallest absolute Gasteiger partial charge is 0.222 e. The summed E-state index contributed by atoms with van der Waals surface area (Å²) in [4.78, 5) is 17.0. The number of amides is 1. The summed E-state index contributed by atoms with van der Waals surface area (Å²) >= 11 is 1.70. The van der Waals surface area contributed by atoms with E-state index in [1.54, 1.807) is 18.9 Å². The Balaban J connectivity index is 1.35. The van der Waals surface area contributed by atoms with Gasteiger partial charge >= 0.3 is 0 Å². The fourth-order valence-electron chi connectivity index (χ4n) is 4.29. The van der Waals surface area contributed by atoms with Gasteiger partial charge in [0.15, 0.2) is 5.16 Å². The molecule has 0 spiro atoms. The molecular formula is C27H35N5O2S. The Bertz CT molecular complexity index is 1060. The molecule has 7 nitrogen and oxygen atoms in total. The Labute approximate surface area is 212 Å². The van der Waals surface area contributed by atoms with Crippen LogP contribution in [0.5, 0.6) is 5.75 Å². The predicted octanol–water partition coefficient (Wildman–Crippen LogP) is 4.29. The first-order chi connectivity index (χ1) is 17.2. The number of piperazine rings is 1. The van der Waals surface area contributed by atoms with Gasteiger partial charge in [0.25, 0.3) is 0 Å². The fraction of sp³-hybridized carbons (Fsp3) is 0.444. The average molecular weight is 494 g/mol. The van der Waals surface area contributed by atoms with Gasteiger partial charge in [-0.3, -0.25) is 9.36 Å². The first kappa shape index (κ1) is 25.3. The number of hydrogen-bond donors (Lipinski definition) is 0. The molecule has 0 N–H and O–H groups in total. The molecule has 1 amide bonds. The molecule has 0 radical (unpaired) electrons. The number of likely N-dealkylation sites (N-methyl/N-ethyl adjacent to an activating group) is 1. The third-order valence-electron chi connectivity index (χ3n) is 6.42. The summed E-state index contributed by atoms with van der Waals surface area (Å²) in [5.74, 6) is 2.92. The number of unbranched alkanes of at least 4 members (excludes halogenated alkanes) is 1. The van der Waals surface area contributed by atoms with Gasteiger partial charge in [0.2, 0.25) is 5.91 Å². The summed E-state index contributed by atoms with van der Waals surface area (Å²) in [5.41, 5.74) is 2.22. The van der Waals surface area contributed by atoms with Crippen molar-refractivity contribution in [2.24, 2.45) is 0 Å². The van der Waals surface area contributed by atoms with Gasteiger partial charge in [-0.15, -0.1) is 10.2 Å². The van der Waals surface area contributed by atoms with Gasteiger partial charge in [-0.05, 0) is 49.2 Å². The summed E-state index contributed by atoms with van der Waals surface area (Å²) in [5, 5.41) is 9.92. The normalized spacial score (nSPS) is 14.3. The largest absolute Gasteiger partial charge is 0.497 e. The van der Waals surface area contributed by atoms with Gasteiger partial charge in [-0.2, -0.15) is 0 Å². The highest BCUT2D eigenvalue weighted by atomic mass is 32.2. The average Bonchev–Trinajstić information content (AvgIpc) is 3.31. The second-order valence-corrected chi connectivity index (χ2v) is 9.78. The molecule has 0 unspecified atom stereocenters. The van der Waals surface area contributed by atoms with E-state index in [-0.39, 0.29) is 5.91 Å². The van der Waals surface area contributed by atoms with Crippen molar-refractivity contribution >= 4 is 17.7 Å². The molecule has 0 bridgehead atoms. The van der Waals surface area contributed by atoms with Gasteiger partial charge in [0.1, 0.15) is 11.6 Å². The maximum absolute atomic E-state index is 12.6. The lowest BCUT2D eigenvalue weighted by Crippen LogP contribution is -2.48. The molecule has 0 aliphatic carbocycles. The van der Waals surface area contributed by atoms with Crippen LogP contribution >= 0.6 is 11.8 Å². The van der Waals surface area contributed by atoms with E-state index in [2.05, 4.69) is 38.7 Å². The maximum Gasteiger partial charge on any atom is 0.222 e. The highest BCUT2D eigenvalue weighted by Gasteiger charge is 2.20. The van der Waals surface area contributed by atoms with E-state index in [0.29, 0.717) is 12.8 Å². The molecule has 4 rings (SSSR count). The molecule has 1 aliphatic heterocycles. The minimum absolute atomic E-state index is 0.289. The number of ether oxygens (including phenoxy) is 1. The lowest BCUT2D eigenvalue weighted by molar-refractivity contribution is -0.133. The van der Waals surface area contributed by atoms with E-state index < -0.39 is 0 Å². The summed E-state index contributed by atoms with van der Waals surface area (Å²) in [6, 6.07) is 18.3. The van der Waals surface area contributed by atoms with Crippen LogP contribution < -0.4 is 4.74 Å². The zero-order chi connectivity index (χ0) is 24.5. The molecule has 0 saturated carbocycles. The molecule has 2 aromatic carbocycles. The molecule has 35 heavy (non-hydrogen) atoms. The quantitative estimate of drug-likeness (QED) is 0.293. The number of thioether (sulfide) groups is 1. The van der Waals surface area contributed by atoms with Crippen LogP contribution in [-0.2, 0) is 11.2 Å². The Morgan fingerprint density at radius 3 is 2.40 bits per heavy atom. The molecule has 3 aromatic rings. The van der Waals surface area contributed by atoms with Crippen LogP contribution in [0.2, 0.25) is 0 Å². The molecule has 1 fully saturated rings. The third-order valence-corrected chi connectivity index (χ3v) is 7.44. The van der Waals surface area contributed by atoms with Crippen LogP contribution in [0.1, 0.15) is 37.6 Å². The van der Waals surface area contributed by atoms with Gasteiger partial charge in [-0.25, -0.2) is 0 Å². The molecule has 1 saturated heterocycles. The number of rotatable bonds is 11. The predicted molar refractivity (Wildman–Crippen MR) is 140 cm³/mol. The maximum atomic E-state index is 12.6. The Kier molecular flexibility index (Phi) is 9.20. The van der Waals surface area contributed by atoms with Gasteiger partial charge < -0.3 is 14.5 Å². The lowest BCUT2D eigenvalue weighted by Gasteiger charge is -2.34. The van der Waals surface area contributed by atoms with Crippen molar-refractivity contribution in [2.75, 3.05) is 45.6 Å². The topological polar surface area (TPSA) is 63.5 Å². The minimum atomic E-state index is 0.289. The second kappa shape index (κ2) is 12.7. The highest BCUT2D eigenvalue weighted by Crippen LogP contribution is 2.26. The summed E-state index contributed by atoms with van der Waals surface area (Å²) in [6.07, 6.45) is 3.19. The first-order valence-corrected chi connectivity index (χ1v) is 13.4. The highest BCUT2D eigenvalue weighted by molar-refractivity contribution is 7.99. The minimum Gasteiger partial charge on any atom is -0.497 e. The number of benzene rings is 2. The van der Waals surface area contributed by atoms with E-state index in [9.17, 15) is 4.79 Å². The van der Waals surface area contributed by atoms with Crippen molar-refractivity contribution in [3.8, 4) is 11.4 Å². The van der Waals surface area contributed by atoms with Crippen molar-refractivity contribution in [3.63, 3.8) is 0 Å². The van der Waals surface area contributed by atoms with Crippen LogP contribution in [0.4, 0.5) is 0 Å². The van der Waals surface area contributed by atoms with Gasteiger partial charge in [0.05, 0.1) is 7.11 Å². The van der Waals surface area contributed by atoms with E-state index in [1.165, 1.54) is 5.56 Å². The number of hydrogen-bond acceptors (Lipinski definition) is 6. The van der Waals surface area contributed by atoms with Crippen LogP contribution in [-0.4, -0.2) is 76.1 Å². The van der Waals surface area contributed by atoms with Crippen LogP contribution in [0, 0.1) is 0 Å². The Hall–Kier alpha value is -2.84. The molecule has 8 heteroatoms. The molecule has 1 aromatic heterocycles. The third kappa shape index (κ3) is 6.86. The monoisotopic (exact) mass is 493 g/mol. The van der Waals surface area contributed by atoms with E-state index in [0.717, 1.165) is 73.7 Å². The number of carbonyl (C=O) groups is 1. The standard InChI is InChI=1S/C27H35N5O2S/c1-3-30-16-18-31(19-17-30)26(33)11-7-8-20-35-27-29-28-25(21-22-9-5-4-6-10-22)32(27)23-12-14-24(34-2)15-13-23/h4-6,9-10,12-15H,3,7-8,11,16-21H2,1-2H3. The number of aromatic nitrogens is 3. The number of nitrogens with zero attached hydrogens (tertiary/aromatic N) is 5. The second-order valence-electron chi connectivity index (χ2n) is 8.72. The van der Waals surface area contributed by atoms with Crippen molar-refractivity contribution in [1.29, 1.82) is 0 Å². The fourth-order valence-corrected chi connectivity index (χ4v) is 5.26. The van der Waals surface area contributed by atoms with Crippen LogP contribution in [0.15, 0.2) is 59.8 Å². The molecule has 2 heterocycles. The Morgan fingerprint density at radius 1 is 0.971 bits per heavy atom.